The molecule has 0 spiro atoms. The smallest absolute Gasteiger partial charge is 0.0552 e. The molecule has 100 valence electrons. The number of aryl methyl sites for hydroxylation is 1. The minimum atomic E-state index is -0.148. The molecule has 0 aliphatic rings. The van der Waals surface area contributed by atoms with E-state index in [0.29, 0.717) is 5.02 Å². The topological polar surface area (TPSA) is 26.0 Å². The van der Waals surface area contributed by atoms with Gasteiger partial charge in [0, 0.05) is 9.50 Å². The number of hydrogen-bond donors (Lipinski definition) is 1. The Hall–Kier alpha value is -0.830. The van der Waals surface area contributed by atoms with E-state index in [1.807, 2.05) is 18.2 Å². The van der Waals surface area contributed by atoms with Crippen molar-refractivity contribution in [2.75, 3.05) is 0 Å². The molecule has 0 aliphatic heterocycles. The first kappa shape index (κ1) is 14.6. The van der Waals surface area contributed by atoms with Gasteiger partial charge in [-0.05, 0) is 41.3 Å². The third-order valence-electron chi connectivity index (χ3n) is 3.12. The van der Waals surface area contributed by atoms with Crippen molar-refractivity contribution in [1.82, 2.24) is 0 Å². The molecule has 1 nitrogen and oxygen atoms in total. The van der Waals surface area contributed by atoms with Crippen LogP contribution in [0.15, 0.2) is 46.9 Å². The quantitative estimate of drug-likeness (QED) is 0.824. The minimum absolute atomic E-state index is 0.148. The van der Waals surface area contributed by atoms with Crippen LogP contribution in [-0.2, 0) is 6.42 Å². The lowest BCUT2D eigenvalue weighted by Gasteiger charge is -2.14. The van der Waals surface area contributed by atoms with Crippen LogP contribution in [0.2, 0.25) is 5.02 Å². The van der Waals surface area contributed by atoms with E-state index < -0.39 is 0 Å². The fraction of sp³-hybridized carbons (Fsp3) is 0.250. The van der Waals surface area contributed by atoms with E-state index in [4.69, 9.17) is 17.3 Å². The first-order valence-corrected chi connectivity index (χ1v) is 7.57. The zero-order valence-corrected chi connectivity index (χ0v) is 13.2. The van der Waals surface area contributed by atoms with Crippen molar-refractivity contribution in [3.05, 3.63) is 68.7 Å². The van der Waals surface area contributed by atoms with E-state index in [-0.39, 0.29) is 6.04 Å². The Morgan fingerprint density at radius 2 is 1.79 bits per heavy atom. The summed E-state index contributed by atoms with van der Waals surface area (Å²) in [5.41, 5.74) is 9.77. The highest BCUT2D eigenvalue weighted by molar-refractivity contribution is 9.10. The van der Waals surface area contributed by atoms with Gasteiger partial charge in [-0.25, -0.2) is 0 Å². The number of benzene rings is 2. The van der Waals surface area contributed by atoms with Gasteiger partial charge in [0.1, 0.15) is 0 Å². The molecular formula is C16H17BrClN. The van der Waals surface area contributed by atoms with Crippen LogP contribution in [0, 0.1) is 0 Å². The summed E-state index contributed by atoms with van der Waals surface area (Å²) in [6.45, 7) is 2.18. The van der Waals surface area contributed by atoms with Crippen molar-refractivity contribution >= 4 is 27.5 Å². The van der Waals surface area contributed by atoms with E-state index in [2.05, 4.69) is 47.1 Å². The Bertz CT molecular complexity index is 531. The Balaban J connectivity index is 2.25. The SMILES string of the molecule is CCCc1ccc(C(N)c2cc(Cl)cc(Br)c2)cc1. The van der Waals surface area contributed by atoms with Crippen LogP contribution in [0.1, 0.15) is 36.1 Å². The van der Waals surface area contributed by atoms with Gasteiger partial charge in [0.2, 0.25) is 0 Å². The maximum Gasteiger partial charge on any atom is 0.0552 e. The molecule has 0 fully saturated rings. The third-order valence-corrected chi connectivity index (χ3v) is 3.80. The van der Waals surface area contributed by atoms with E-state index >= 15 is 0 Å². The van der Waals surface area contributed by atoms with Gasteiger partial charge in [-0.3, -0.25) is 0 Å². The molecule has 0 radical (unpaired) electrons. The maximum atomic E-state index is 6.30. The molecule has 0 aromatic heterocycles. The predicted molar refractivity (Wildman–Crippen MR) is 85.6 cm³/mol. The molecule has 0 amide bonds. The fourth-order valence-electron chi connectivity index (χ4n) is 2.13. The number of rotatable bonds is 4. The highest BCUT2D eigenvalue weighted by Crippen LogP contribution is 2.26. The van der Waals surface area contributed by atoms with Gasteiger partial charge in [0.15, 0.2) is 0 Å². The van der Waals surface area contributed by atoms with Gasteiger partial charge in [-0.15, -0.1) is 0 Å². The van der Waals surface area contributed by atoms with Crippen molar-refractivity contribution in [1.29, 1.82) is 0 Å². The van der Waals surface area contributed by atoms with E-state index in [0.717, 1.165) is 28.4 Å². The first-order valence-electron chi connectivity index (χ1n) is 6.40. The molecule has 0 saturated carbocycles. The summed E-state index contributed by atoms with van der Waals surface area (Å²) in [4.78, 5) is 0. The van der Waals surface area contributed by atoms with Crippen LogP contribution in [0.25, 0.3) is 0 Å². The maximum absolute atomic E-state index is 6.30. The Morgan fingerprint density at radius 1 is 1.11 bits per heavy atom. The monoisotopic (exact) mass is 337 g/mol. The van der Waals surface area contributed by atoms with Crippen molar-refractivity contribution in [2.45, 2.75) is 25.8 Å². The van der Waals surface area contributed by atoms with Crippen LogP contribution < -0.4 is 5.73 Å². The molecule has 0 heterocycles. The predicted octanol–water partition coefficient (Wildman–Crippen LogP) is 5.10. The van der Waals surface area contributed by atoms with Gasteiger partial charge < -0.3 is 5.73 Å². The summed E-state index contributed by atoms with van der Waals surface area (Å²) in [6.07, 6.45) is 2.27. The normalized spacial score (nSPS) is 12.4. The van der Waals surface area contributed by atoms with Crippen LogP contribution in [0.3, 0.4) is 0 Å². The standard InChI is InChI=1S/C16H17BrClN/c1-2-3-11-4-6-12(7-5-11)16(19)13-8-14(17)10-15(18)9-13/h4-10,16H,2-3,19H2,1H3. The van der Waals surface area contributed by atoms with E-state index in [9.17, 15) is 0 Å². The molecule has 2 rings (SSSR count). The molecule has 0 bridgehead atoms. The largest absolute Gasteiger partial charge is 0.320 e. The average Bonchev–Trinajstić information content (AvgIpc) is 2.38. The summed E-state index contributed by atoms with van der Waals surface area (Å²) < 4.78 is 0.952. The number of hydrogen-bond acceptors (Lipinski definition) is 1. The van der Waals surface area contributed by atoms with Gasteiger partial charge in [0.25, 0.3) is 0 Å². The van der Waals surface area contributed by atoms with Gasteiger partial charge in [-0.1, -0.05) is 65.1 Å². The summed E-state index contributed by atoms with van der Waals surface area (Å²) in [6, 6.07) is 14.1. The molecule has 2 aromatic carbocycles. The second kappa shape index (κ2) is 6.56. The summed E-state index contributed by atoms with van der Waals surface area (Å²) in [5, 5.41) is 0.697. The highest BCUT2D eigenvalue weighted by Gasteiger charge is 2.10. The lowest BCUT2D eigenvalue weighted by molar-refractivity contribution is 0.864. The molecule has 0 aliphatic carbocycles. The zero-order chi connectivity index (χ0) is 13.8. The van der Waals surface area contributed by atoms with Gasteiger partial charge >= 0.3 is 0 Å². The fourth-order valence-corrected chi connectivity index (χ4v) is 3.01. The summed E-state index contributed by atoms with van der Waals surface area (Å²) in [7, 11) is 0. The van der Waals surface area contributed by atoms with Crippen LogP contribution in [0.5, 0.6) is 0 Å². The zero-order valence-electron chi connectivity index (χ0n) is 10.9. The summed E-state index contributed by atoms with van der Waals surface area (Å²) >= 11 is 9.51. The number of nitrogens with two attached hydrogens (primary N) is 1. The van der Waals surface area contributed by atoms with Crippen molar-refractivity contribution in [3.63, 3.8) is 0 Å². The Labute approximate surface area is 127 Å². The Morgan fingerprint density at radius 3 is 2.37 bits per heavy atom. The van der Waals surface area contributed by atoms with Gasteiger partial charge in [-0.2, -0.15) is 0 Å². The van der Waals surface area contributed by atoms with Gasteiger partial charge in [0.05, 0.1) is 6.04 Å². The molecule has 2 N–H and O–H groups in total. The molecule has 19 heavy (non-hydrogen) atoms. The molecule has 1 unspecified atom stereocenters. The molecule has 3 heteroatoms. The Kier molecular flexibility index (Phi) is 5.03. The second-order valence-electron chi connectivity index (χ2n) is 4.67. The van der Waals surface area contributed by atoms with E-state index in [1.165, 1.54) is 5.56 Å². The number of halogens is 2. The highest BCUT2D eigenvalue weighted by atomic mass is 79.9. The lowest BCUT2D eigenvalue weighted by atomic mass is 9.98. The average molecular weight is 339 g/mol. The third kappa shape index (κ3) is 3.82. The van der Waals surface area contributed by atoms with Crippen LogP contribution in [-0.4, -0.2) is 0 Å². The minimum Gasteiger partial charge on any atom is -0.320 e. The molecular weight excluding hydrogens is 322 g/mol. The lowest BCUT2D eigenvalue weighted by Crippen LogP contribution is -2.11. The second-order valence-corrected chi connectivity index (χ2v) is 6.02. The molecule has 0 saturated heterocycles. The van der Waals surface area contributed by atoms with Crippen LogP contribution in [0.4, 0.5) is 0 Å². The first-order chi connectivity index (χ1) is 9.10. The summed E-state index contributed by atoms with van der Waals surface area (Å²) in [5.74, 6) is 0. The van der Waals surface area contributed by atoms with Crippen molar-refractivity contribution in [2.24, 2.45) is 5.73 Å². The van der Waals surface area contributed by atoms with Crippen molar-refractivity contribution < 1.29 is 0 Å². The van der Waals surface area contributed by atoms with Crippen molar-refractivity contribution in [3.8, 4) is 0 Å². The van der Waals surface area contributed by atoms with E-state index in [1.54, 1.807) is 0 Å². The van der Waals surface area contributed by atoms with Crippen LogP contribution >= 0.6 is 27.5 Å². The molecule has 2 aromatic rings. The molecule has 1 atom stereocenters.